The molecule has 0 bridgehead atoms. The summed E-state index contributed by atoms with van der Waals surface area (Å²) < 4.78 is 49.6. The maximum absolute atomic E-state index is 12.8. The van der Waals surface area contributed by atoms with Crippen LogP contribution in [0.25, 0.3) is 0 Å². The molecule has 3 heterocycles. The highest BCUT2D eigenvalue weighted by Gasteiger charge is 2.58. The van der Waals surface area contributed by atoms with Gasteiger partial charge in [-0.25, -0.2) is 9.80 Å². The predicted molar refractivity (Wildman–Crippen MR) is 103 cm³/mol. The van der Waals surface area contributed by atoms with Crippen molar-refractivity contribution in [2.45, 2.75) is 12.3 Å². The summed E-state index contributed by atoms with van der Waals surface area (Å²) >= 11 is 6.05. The number of carbonyl (C=O) groups is 1. The number of anilines is 1. The number of amides is 2. The smallest absolute Gasteiger partial charge is 0.416 e. The minimum absolute atomic E-state index is 0.121. The summed E-state index contributed by atoms with van der Waals surface area (Å²) in [6.07, 6.45) is -4.56. The molecule has 0 aromatic heterocycles. The van der Waals surface area contributed by atoms with Crippen molar-refractivity contribution in [3.05, 3.63) is 58.6 Å². The average molecular weight is 438 g/mol. The lowest BCUT2D eigenvalue weighted by molar-refractivity contribution is -0.137. The number of hydrazone groups is 1. The Labute approximate surface area is 174 Å². The van der Waals surface area contributed by atoms with Crippen LogP contribution in [0.2, 0.25) is 5.02 Å². The zero-order valence-electron chi connectivity index (χ0n) is 15.4. The van der Waals surface area contributed by atoms with E-state index in [0.717, 1.165) is 17.7 Å². The van der Waals surface area contributed by atoms with Crippen LogP contribution >= 0.6 is 11.6 Å². The molecule has 0 aliphatic carbocycles. The fourth-order valence-corrected chi connectivity index (χ4v) is 3.98. The largest absolute Gasteiger partial charge is 0.492 e. The molecule has 1 fully saturated rings. The zero-order valence-corrected chi connectivity index (χ0v) is 16.1. The van der Waals surface area contributed by atoms with Crippen molar-refractivity contribution in [3.8, 4) is 5.75 Å². The Morgan fingerprint density at radius 2 is 1.97 bits per heavy atom. The van der Waals surface area contributed by atoms with E-state index in [0.29, 0.717) is 23.1 Å². The van der Waals surface area contributed by atoms with Crippen molar-refractivity contribution in [1.29, 1.82) is 0 Å². The van der Waals surface area contributed by atoms with Gasteiger partial charge in [0, 0.05) is 16.3 Å². The maximum Gasteiger partial charge on any atom is 0.416 e. The zero-order chi connectivity index (χ0) is 21.1. The van der Waals surface area contributed by atoms with Crippen molar-refractivity contribution in [2.24, 2.45) is 10.5 Å². The average Bonchev–Trinajstić information content (AvgIpc) is 3.48. The molecule has 156 valence electrons. The first-order valence-corrected chi connectivity index (χ1v) is 9.53. The van der Waals surface area contributed by atoms with Crippen LogP contribution in [0.1, 0.15) is 11.1 Å². The Balaban J connectivity index is 1.41. The minimum Gasteiger partial charge on any atom is -0.492 e. The number of urea groups is 1. The van der Waals surface area contributed by atoms with Gasteiger partial charge in [-0.1, -0.05) is 11.6 Å². The van der Waals surface area contributed by atoms with Gasteiger partial charge in [0.05, 0.1) is 35.9 Å². The molecule has 6 nitrogen and oxygen atoms in total. The van der Waals surface area contributed by atoms with Gasteiger partial charge in [0.1, 0.15) is 12.4 Å². The molecule has 2 atom stereocenters. The summed E-state index contributed by atoms with van der Waals surface area (Å²) in [4.78, 5) is 12.8. The molecule has 1 N–H and O–H groups in total. The molecule has 3 aliphatic heterocycles. The number of alkyl halides is 3. The van der Waals surface area contributed by atoms with E-state index in [4.69, 9.17) is 21.1 Å². The van der Waals surface area contributed by atoms with Gasteiger partial charge in [-0.05, 0) is 42.5 Å². The van der Waals surface area contributed by atoms with E-state index in [1.54, 1.807) is 18.2 Å². The number of nitrogens with zero attached hydrogens (tertiary/aromatic N) is 2. The van der Waals surface area contributed by atoms with Crippen LogP contribution in [0.3, 0.4) is 0 Å². The standard InChI is InChI=1S/C20H15ClF3N3O3/c21-12-3-6-14-15(7-12)30-10-19(16-8-29-16)9-27(26-17(14)19)18(28)25-13-4-1-11(2-5-13)20(22,23)24/h1-7,16H,8-10H2,(H,25,28). The number of hydrogen-bond acceptors (Lipinski definition) is 4. The normalized spacial score (nSPS) is 24.5. The summed E-state index contributed by atoms with van der Waals surface area (Å²) in [6.45, 7) is 1.06. The van der Waals surface area contributed by atoms with E-state index in [9.17, 15) is 18.0 Å². The first-order chi connectivity index (χ1) is 14.3. The van der Waals surface area contributed by atoms with Crippen LogP contribution in [0, 0.1) is 5.41 Å². The summed E-state index contributed by atoms with van der Waals surface area (Å²) in [7, 11) is 0. The van der Waals surface area contributed by atoms with Crippen LogP contribution in [0.4, 0.5) is 23.7 Å². The molecule has 10 heteroatoms. The minimum atomic E-state index is -4.44. The second-order valence-corrected chi connectivity index (χ2v) is 7.86. The predicted octanol–water partition coefficient (Wildman–Crippen LogP) is 4.39. The number of halogens is 4. The first-order valence-electron chi connectivity index (χ1n) is 9.15. The van der Waals surface area contributed by atoms with Gasteiger partial charge in [0.2, 0.25) is 0 Å². The molecule has 0 spiro atoms. The van der Waals surface area contributed by atoms with Crippen LogP contribution in [-0.4, -0.2) is 42.6 Å². The number of epoxide rings is 1. The lowest BCUT2D eigenvalue weighted by atomic mass is 9.76. The van der Waals surface area contributed by atoms with Gasteiger partial charge >= 0.3 is 12.2 Å². The Hall–Kier alpha value is -2.78. The number of benzene rings is 2. The van der Waals surface area contributed by atoms with Crippen molar-refractivity contribution in [1.82, 2.24) is 5.01 Å². The lowest BCUT2D eigenvalue weighted by Gasteiger charge is -2.33. The third kappa shape index (κ3) is 3.18. The van der Waals surface area contributed by atoms with Gasteiger partial charge in [0.25, 0.3) is 0 Å². The maximum atomic E-state index is 12.8. The Morgan fingerprint density at radius 3 is 2.63 bits per heavy atom. The molecule has 2 amide bonds. The third-order valence-electron chi connectivity index (χ3n) is 5.46. The fourth-order valence-electron chi connectivity index (χ4n) is 3.81. The molecule has 30 heavy (non-hydrogen) atoms. The van der Waals surface area contributed by atoms with Crippen molar-refractivity contribution >= 4 is 29.0 Å². The monoisotopic (exact) mass is 437 g/mol. The highest BCUT2D eigenvalue weighted by Crippen LogP contribution is 2.47. The van der Waals surface area contributed by atoms with E-state index < -0.39 is 23.2 Å². The number of ether oxygens (including phenoxy) is 2. The molecule has 2 aromatic rings. The molecule has 3 aliphatic rings. The lowest BCUT2D eigenvalue weighted by Crippen LogP contribution is -2.48. The van der Waals surface area contributed by atoms with Gasteiger partial charge < -0.3 is 14.8 Å². The summed E-state index contributed by atoms with van der Waals surface area (Å²) in [5.74, 6) is 0.586. The van der Waals surface area contributed by atoms with E-state index in [2.05, 4.69) is 10.4 Å². The van der Waals surface area contributed by atoms with Gasteiger partial charge in [-0.3, -0.25) is 0 Å². The number of nitrogens with one attached hydrogen (secondary N) is 1. The molecule has 2 unspecified atom stereocenters. The summed E-state index contributed by atoms with van der Waals surface area (Å²) in [5, 5.41) is 8.91. The SMILES string of the molecule is O=C(Nc1ccc(C(F)(F)F)cc1)N1CC2(C3CO3)COc3cc(Cl)ccc3C2=N1. The number of fused-ring (bicyclic) bond motifs is 3. The van der Waals surface area contributed by atoms with Crippen LogP contribution in [0.5, 0.6) is 5.75 Å². The molecule has 0 saturated carbocycles. The molecule has 0 radical (unpaired) electrons. The quantitative estimate of drug-likeness (QED) is 0.709. The first kappa shape index (κ1) is 19.2. The van der Waals surface area contributed by atoms with Gasteiger partial charge in [-0.15, -0.1) is 0 Å². The molecule has 2 aromatic carbocycles. The van der Waals surface area contributed by atoms with E-state index in [1.165, 1.54) is 17.1 Å². The second kappa shape index (κ2) is 6.61. The number of carbonyl (C=O) groups excluding carboxylic acids is 1. The van der Waals surface area contributed by atoms with Gasteiger partial charge in [-0.2, -0.15) is 18.3 Å². The van der Waals surface area contributed by atoms with E-state index in [-0.39, 0.29) is 24.9 Å². The van der Waals surface area contributed by atoms with Gasteiger partial charge in [0.15, 0.2) is 0 Å². The van der Waals surface area contributed by atoms with Crippen molar-refractivity contribution < 1.29 is 27.4 Å². The Kier molecular flexibility index (Phi) is 4.23. The van der Waals surface area contributed by atoms with Crippen molar-refractivity contribution in [2.75, 3.05) is 25.1 Å². The summed E-state index contributed by atoms with van der Waals surface area (Å²) in [5.41, 5.74) is 0.281. The number of hydrogen-bond donors (Lipinski definition) is 1. The molecule has 1 saturated heterocycles. The fraction of sp³-hybridized carbons (Fsp3) is 0.300. The van der Waals surface area contributed by atoms with Crippen LogP contribution < -0.4 is 10.1 Å². The molecular weight excluding hydrogens is 423 g/mol. The highest BCUT2D eigenvalue weighted by molar-refractivity contribution is 6.31. The van der Waals surface area contributed by atoms with Crippen LogP contribution in [0.15, 0.2) is 47.6 Å². The molecule has 5 rings (SSSR count). The second-order valence-electron chi connectivity index (χ2n) is 7.42. The van der Waals surface area contributed by atoms with E-state index >= 15 is 0 Å². The Bertz CT molecular complexity index is 1050. The Morgan fingerprint density at radius 1 is 1.23 bits per heavy atom. The van der Waals surface area contributed by atoms with E-state index in [1.807, 2.05) is 0 Å². The number of rotatable bonds is 2. The van der Waals surface area contributed by atoms with Crippen LogP contribution in [-0.2, 0) is 10.9 Å². The highest BCUT2D eigenvalue weighted by atomic mass is 35.5. The third-order valence-corrected chi connectivity index (χ3v) is 5.69. The molecular formula is C20H15ClF3N3O3. The summed E-state index contributed by atoms with van der Waals surface area (Å²) in [6, 6.07) is 8.91. The topological polar surface area (TPSA) is 66.5 Å². The van der Waals surface area contributed by atoms with Crippen molar-refractivity contribution in [3.63, 3.8) is 0 Å².